The summed E-state index contributed by atoms with van der Waals surface area (Å²) >= 11 is 0. The fraction of sp³-hybridized carbons (Fsp3) is 0. The second-order valence-corrected chi connectivity index (χ2v) is 2.44. The molecule has 3 N–H and O–H groups in total. The first kappa shape index (κ1) is 9.99. The third-order valence-electron chi connectivity index (χ3n) is 1.54. The minimum Gasteiger partial charge on any atom is -0.315 e. The van der Waals surface area contributed by atoms with Crippen molar-refractivity contribution in [2.75, 3.05) is 0 Å². The van der Waals surface area contributed by atoms with E-state index in [0.29, 0.717) is 0 Å². The molecule has 0 unspecified atom stereocenters. The lowest BCUT2D eigenvalue weighted by atomic mass is 10.0. The first-order chi connectivity index (χ1) is 6.43. The average molecular weight is 197 g/mol. The Labute approximate surface area is 77.5 Å². The van der Waals surface area contributed by atoms with Crippen LogP contribution in [-0.2, 0) is 0 Å². The zero-order chi connectivity index (χ0) is 10.9. The molecular formula is C6H5N4O4. The number of hydrogen-bond donors (Lipinski definition) is 2. The fourth-order valence-electron chi connectivity index (χ4n) is 0.885. The van der Waals surface area contributed by atoms with Crippen LogP contribution < -0.4 is 5.73 Å². The van der Waals surface area contributed by atoms with E-state index in [2.05, 4.69) is 0 Å². The van der Waals surface area contributed by atoms with E-state index in [1.807, 2.05) is 0 Å². The molecule has 0 saturated carbocycles. The summed E-state index contributed by atoms with van der Waals surface area (Å²) in [5.74, 6) is 0. The molecule has 0 bridgehead atoms. The third kappa shape index (κ3) is 1.64. The summed E-state index contributed by atoms with van der Waals surface area (Å²) in [6, 6.07) is -0.165. The number of nitrogens with one attached hydrogen (secondary N) is 1. The molecule has 0 heterocycles. The van der Waals surface area contributed by atoms with Crippen LogP contribution in [0.2, 0.25) is 0 Å². The smallest absolute Gasteiger partial charge is 0.315 e. The Morgan fingerprint density at radius 3 is 2.00 bits per heavy atom. The van der Waals surface area contributed by atoms with Crippen LogP contribution in [0, 0.1) is 31.7 Å². The lowest BCUT2D eigenvalue weighted by Crippen LogP contribution is -2.25. The van der Waals surface area contributed by atoms with Crippen LogP contribution >= 0.6 is 0 Å². The van der Waals surface area contributed by atoms with Gasteiger partial charge in [0.25, 0.3) is 0 Å². The van der Waals surface area contributed by atoms with Crippen molar-refractivity contribution in [3.63, 3.8) is 0 Å². The lowest BCUT2D eigenvalue weighted by molar-refractivity contribution is -0.479. The molecule has 8 nitrogen and oxygen atoms in total. The fourth-order valence-corrected chi connectivity index (χ4v) is 0.885. The minimum absolute atomic E-state index is 0.165. The molecule has 73 valence electrons. The Bertz CT molecular complexity index is 383. The van der Waals surface area contributed by atoms with Crippen molar-refractivity contribution in [2.45, 2.75) is 0 Å². The van der Waals surface area contributed by atoms with Gasteiger partial charge < -0.3 is 11.1 Å². The van der Waals surface area contributed by atoms with Gasteiger partial charge in [0.2, 0.25) is 0 Å². The summed E-state index contributed by atoms with van der Waals surface area (Å²) in [5.41, 5.74) is 3.48. The van der Waals surface area contributed by atoms with Gasteiger partial charge in [0.05, 0.1) is 15.6 Å². The van der Waals surface area contributed by atoms with Gasteiger partial charge in [-0.3, -0.25) is 20.2 Å². The van der Waals surface area contributed by atoms with Crippen LogP contribution in [0.3, 0.4) is 0 Å². The molecule has 0 saturated heterocycles. The van der Waals surface area contributed by atoms with Gasteiger partial charge in [0.1, 0.15) is 6.04 Å². The first-order valence-corrected chi connectivity index (χ1v) is 3.37. The Morgan fingerprint density at radius 1 is 1.14 bits per heavy atom. The Kier molecular flexibility index (Phi) is 2.38. The van der Waals surface area contributed by atoms with Crippen LogP contribution in [0.25, 0.3) is 0 Å². The van der Waals surface area contributed by atoms with E-state index in [9.17, 15) is 20.2 Å². The summed E-state index contributed by atoms with van der Waals surface area (Å²) in [4.78, 5) is 18.9. The molecule has 0 atom stereocenters. The van der Waals surface area contributed by atoms with Gasteiger partial charge in [-0.2, -0.15) is 0 Å². The molecule has 0 aromatic heterocycles. The first-order valence-electron chi connectivity index (χ1n) is 3.37. The summed E-state index contributed by atoms with van der Waals surface area (Å²) in [6.45, 7) is 0. The van der Waals surface area contributed by atoms with Gasteiger partial charge in [-0.1, -0.05) is 0 Å². The Hall–Kier alpha value is -2.09. The summed E-state index contributed by atoms with van der Waals surface area (Å²) < 4.78 is 0. The predicted octanol–water partition coefficient (Wildman–Crippen LogP) is -0.168. The highest BCUT2D eigenvalue weighted by molar-refractivity contribution is 6.06. The SMILES string of the molecule is N=C1C=C([N+](=O)[O-])C([N+](=O)[O-])=C[C]1N. The van der Waals surface area contributed by atoms with Crippen LogP contribution in [0.1, 0.15) is 0 Å². The van der Waals surface area contributed by atoms with Gasteiger partial charge in [0, 0.05) is 12.2 Å². The van der Waals surface area contributed by atoms with E-state index in [0.717, 1.165) is 12.2 Å². The summed E-state index contributed by atoms with van der Waals surface area (Å²) in [6.07, 6.45) is 1.56. The largest absolute Gasteiger partial charge is 0.347 e. The van der Waals surface area contributed by atoms with Gasteiger partial charge in [-0.15, -0.1) is 0 Å². The van der Waals surface area contributed by atoms with Crippen molar-refractivity contribution >= 4 is 5.71 Å². The summed E-state index contributed by atoms with van der Waals surface area (Å²) in [7, 11) is 0. The van der Waals surface area contributed by atoms with Crippen LogP contribution in [-0.4, -0.2) is 15.6 Å². The Balaban J connectivity index is 3.19. The van der Waals surface area contributed by atoms with Crippen molar-refractivity contribution < 1.29 is 9.85 Å². The highest BCUT2D eigenvalue weighted by Gasteiger charge is 2.34. The molecule has 0 aliphatic heterocycles. The standard InChI is InChI=1S/C6H5N4O4/c7-3-1-5(9(11)12)6(10(13)14)2-4(3)8/h1-2,7H,8H2. The molecule has 0 aromatic carbocycles. The van der Waals surface area contributed by atoms with Gasteiger partial charge in [-0.05, 0) is 0 Å². The van der Waals surface area contributed by atoms with Crippen LogP contribution in [0.4, 0.5) is 0 Å². The van der Waals surface area contributed by atoms with E-state index < -0.39 is 21.2 Å². The van der Waals surface area contributed by atoms with Crippen molar-refractivity contribution in [3.05, 3.63) is 49.8 Å². The molecule has 14 heavy (non-hydrogen) atoms. The molecule has 0 amide bonds. The summed E-state index contributed by atoms with van der Waals surface area (Å²) in [5, 5.41) is 27.9. The molecule has 1 aliphatic carbocycles. The zero-order valence-corrected chi connectivity index (χ0v) is 6.76. The number of nitrogens with zero attached hydrogens (tertiary/aromatic N) is 2. The molecule has 8 heteroatoms. The maximum absolute atomic E-state index is 10.4. The maximum Gasteiger partial charge on any atom is 0.347 e. The van der Waals surface area contributed by atoms with E-state index >= 15 is 0 Å². The monoisotopic (exact) mass is 197 g/mol. The van der Waals surface area contributed by atoms with Crippen molar-refractivity contribution in [3.8, 4) is 0 Å². The zero-order valence-electron chi connectivity index (χ0n) is 6.76. The van der Waals surface area contributed by atoms with Gasteiger partial charge in [0.15, 0.2) is 0 Å². The highest BCUT2D eigenvalue weighted by atomic mass is 16.6. The van der Waals surface area contributed by atoms with E-state index in [1.54, 1.807) is 0 Å². The Morgan fingerprint density at radius 2 is 1.57 bits per heavy atom. The van der Waals surface area contributed by atoms with Gasteiger partial charge >= 0.3 is 11.4 Å². The molecule has 0 spiro atoms. The van der Waals surface area contributed by atoms with E-state index in [-0.39, 0.29) is 11.8 Å². The predicted molar refractivity (Wildman–Crippen MR) is 45.3 cm³/mol. The second kappa shape index (κ2) is 3.34. The van der Waals surface area contributed by atoms with Crippen molar-refractivity contribution in [1.29, 1.82) is 5.41 Å². The highest BCUT2D eigenvalue weighted by Crippen LogP contribution is 2.20. The van der Waals surface area contributed by atoms with Crippen LogP contribution in [0.5, 0.6) is 0 Å². The normalized spacial score (nSPS) is 17.4. The molecule has 0 aromatic rings. The van der Waals surface area contributed by atoms with Crippen molar-refractivity contribution in [1.82, 2.24) is 0 Å². The molecular weight excluding hydrogens is 192 g/mol. The van der Waals surface area contributed by atoms with E-state index in [1.165, 1.54) is 0 Å². The topological polar surface area (TPSA) is 136 Å². The maximum atomic E-state index is 10.4. The number of nitro groups is 2. The minimum atomic E-state index is -0.921. The second-order valence-electron chi connectivity index (χ2n) is 2.44. The molecule has 1 radical (unpaired) electrons. The quantitative estimate of drug-likeness (QED) is 0.467. The number of hydrogen-bond acceptors (Lipinski definition) is 6. The lowest BCUT2D eigenvalue weighted by Gasteiger charge is -2.08. The van der Waals surface area contributed by atoms with Crippen molar-refractivity contribution in [2.24, 2.45) is 5.73 Å². The van der Waals surface area contributed by atoms with Crippen LogP contribution in [0.15, 0.2) is 23.5 Å². The molecule has 1 rings (SSSR count). The van der Waals surface area contributed by atoms with E-state index in [4.69, 9.17) is 11.1 Å². The van der Waals surface area contributed by atoms with Gasteiger partial charge in [-0.25, -0.2) is 0 Å². The molecule has 0 fully saturated rings. The molecule has 1 aliphatic rings. The average Bonchev–Trinajstić information content (AvgIpc) is 2.08. The number of nitrogens with two attached hydrogens (primary N) is 1. The third-order valence-corrected chi connectivity index (χ3v) is 1.54. The number of rotatable bonds is 2.